The molecular formula is C20H33N7O. The molecule has 0 atom stereocenters. The molecule has 1 amide bonds. The van der Waals surface area contributed by atoms with Gasteiger partial charge < -0.3 is 25.8 Å². The van der Waals surface area contributed by atoms with Gasteiger partial charge in [0.05, 0.1) is 6.54 Å². The number of pyridine rings is 1. The van der Waals surface area contributed by atoms with Crippen molar-refractivity contribution in [2.45, 2.75) is 26.3 Å². The Balaban J connectivity index is 1.54. The first-order valence-electron chi connectivity index (χ1n) is 10.3. The normalized spacial score (nSPS) is 18.1. The van der Waals surface area contributed by atoms with Crippen molar-refractivity contribution in [2.75, 3.05) is 57.8 Å². The molecule has 1 saturated carbocycles. The lowest BCUT2D eigenvalue weighted by Gasteiger charge is -2.34. The van der Waals surface area contributed by atoms with Crippen molar-refractivity contribution in [1.29, 1.82) is 0 Å². The molecule has 1 aromatic heterocycles. The first-order chi connectivity index (χ1) is 13.7. The smallest absolute Gasteiger partial charge is 0.223 e. The summed E-state index contributed by atoms with van der Waals surface area (Å²) in [7, 11) is 2.16. The van der Waals surface area contributed by atoms with Crippen molar-refractivity contribution in [2.24, 2.45) is 10.9 Å². The van der Waals surface area contributed by atoms with Crippen LogP contribution in [0.15, 0.2) is 23.3 Å². The van der Waals surface area contributed by atoms with Crippen LogP contribution in [0, 0.1) is 5.92 Å². The molecule has 154 valence electrons. The molecule has 0 spiro atoms. The number of piperazine rings is 1. The molecule has 3 rings (SSSR count). The summed E-state index contributed by atoms with van der Waals surface area (Å²) in [6.45, 7) is 8.75. The van der Waals surface area contributed by atoms with E-state index in [4.69, 9.17) is 4.99 Å². The lowest BCUT2D eigenvalue weighted by molar-refractivity contribution is -0.122. The number of aromatic nitrogens is 1. The monoisotopic (exact) mass is 387 g/mol. The predicted octanol–water partition coefficient (Wildman–Crippen LogP) is 0.415. The third-order valence-corrected chi connectivity index (χ3v) is 5.09. The molecule has 1 aromatic rings. The van der Waals surface area contributed by atoms with Crippen molar-refractivity contribution in [3.05, 3.63) is 23.9 Å². The Morgan fingerprint density at radius 1 is 1.18 bits per heavy atom. The van der Waals surface area contributed by atoms with E-state index in [1.807, 2.05) is 19.2 Å². The van der Waals surface area contributed by atoms with Crippen LogP contribution in [0.3, 0.4) is 0 Å². The van der Waals surface area contributed by atoms with Gasteiger partial charge in [-0.05, 0) is 32.9 Å². The highest BCUT2D eigenvalue weighted by molar-refractivity contribution is 5.81. The van der Waals surface area contributed by atoms with Crippen LogP contribution in [0.5, 0.6) is 0 Å². The summed E-state index contributed by atoms with van der Waals surface area (Å²) >= 11 is 0. The molecule has 2 heterocycles. The Labute approximate surface area is 167 Å². The highest BCUT2D eigenvalue weighted by Gasteiger charge is 2.29. The summed E-state index contributed by atoms with van der Waals surface area (Å²) in [6, 6.07) is 4.07. The van der Waals surface area contributed by atoms with Crippen LogP contribution in [0.1, 0.15) is 25.3 Å². The fraction of sp³-hybridized carbons (Fsp3) is 0.650. The topological polar surface area (TPSA) is 84.9 Å². The summed E-state index contributed by atoms with van der Waals surface area (Å²) in [5, 5.41) is 9.53. The highest BCUT2D eigenvalue weighted by Crippen LogP contribution is 2.28. The number of carbonyl (C=O) groups is 1. The first kappa shape index (κ1) is 20.4. The van der Waals surface area contributed by atoms with Crippen LogP contribution in [-0.4, -0.2) is 74.6 Å². The largest absolute Gasteiger partial charge is 0.357 e. The Bertz CT molecular complexity index is 666. The van der Waals surface area contributed by atoms with Gasteiger partial charge in [0, 0.05) is 63.5 Å². The van der Waals surface area contributed by atoms with Gasteiger partial charge in [-0.2, -0.15) is 0 Å². The summed E-state index contributed by atoms with van der Waals surface area (Å²) < 4.78 is 0. The van der Waals surface area contributed by atoms with Crippen molar-refractivity contribution >= 4 is 17.7 Å². The molecule has 0 bridgehead atoms. The Hall–Kier alpha value is -2.35. The molecule has 28 heavy (non-hydrogen) atoms. The maximum absolute atomic E-state index is 11.7. The van der Waals surface area contributed by atoms with Crippen molar-refractivity contribution in [3.63, 3.8) is 0 Å². The standard InChI is InChI=1S/C20H33N7O/c1-3-21-20(24-10-9-23-19(28)16-6-7-16)25-15-17-5-4-8-22-18(17)27-13-11-26(2)12-14-27/h4-5,8,16H,3,6-7,9-15H2,1-2H3,(H,23,28)(H2,21,24,25). The van der Waals surface area contributed by atoms with Gasteiger partial charge in [-0.1, -0.05) is 6.07 Å². The molecular weight excluding hydrogens is 354 g/mol. The van der Waals surface area contributed by atoms with Crippen LogP contribution in [0.25, 0.3) is 0 Å². The maximum atomic E-state index is 11.7. The second-order valence-corrected chi connectivity index (χ2v) is 7.46. The minimum absolute atomic E-state index is 0.177. The fourth-order valence-corrected chi connectivity index (χ4v) is 3.22. The number of likely N-dealkylation sites (N-methyl/N-ethyl adjacent to an activating group) is 1. The van der Waals surface area contributed by atoms with Crippen LogP contribution in [0.2, 0.25) is 0 Å². The molecule has 2 fully saturated rings. The third kappa shape index (κ3) is 6.09. The Morgan fingerprint density at radius 3 is 2.64 bits per heavy atom. The van der Waals surface area contributed by atoms with Gasteiger partial charge in [-0.25, -0.2) is 9.98 Å². The van der Waals surface area contributed by atoms with Gasteiger partial charge >= 0.3 is 0 Å². The number of amides is 1. The van der Waals surface area contributed by atoms with E-state index in [9.17, 15) is 4.79 Å². The molecule has 1 aliphatic carbocycles. The number of hydrogen-bond acceptors (Lipinski definition) is 5. The van der Waals surface area contributed by atoms with Gasteiger partial charge in [-0.15, -0.1) is 0 Å². The molecule has 0 unspecified atom stereocenters. The van der Waals surface area contributed by atoms with Crippen LogP contribution in [-0.2, 0) is 11.3 Å². The van der Waals surface area contributed by atoms with Gasteiger partial charge in [0.25, 0.3) is 0 Å². The van der Waals surface area contributed by atoms with Crippen LogP contribution < -0.4 is 20.9 Å². The molecule has 1 saturated heterocycles. The number of anilines is 1. The van der Waals surface area contributed by atoms with Crippen LogP contribution >= 0.6 is 0 Å². The van der Waals surface area contributed by atoms with E-state index in [-0.39, 0.29) is 11.8 Å². The highest BCUT2D eigenvalue weighted by atomic mass is 16.2. The molecule has 0 aromatic carbocycles. The lowest BCUT2D eigenvalue weighted by Crippen LogP contribution is -2.45. The molecule has 8 nitrogen and oxygen atoms in total. The number of rotatable bonds is 8. The fourth-order valence-electron chi connectivity index (χ4n) is 3.22. The summed E-state index contributed by atoms with van der Waals surface area (Å²) in [5.41, 5.74) is 1.13. The van der Waals surface area contributed by atoms with E-state index < -0.39 is 0 Å². The Morgan fingerprint density at radius 2 is 1.93 bits per heavy atom. The number of carbonyl (C=O) groups excluding carboxylic acids is 1. The van der Waals surface area contributed by atoms with Crippen molar-refractivity contribution < 1.29 is 4.79 Å². The second kappa shape index (κ2) is 10.3. The summed E-state index contributed by atoms with van der Waals surface area (Å²) in [5.74, 6) is 2.22. The number of nitrogens with one attached hydrogen (secondary N) is 3. The zero-order valence-corrected chi connectivity index (χ0v) is 17.1. The zero-order valence-electron chi connectivity index (χ0n) is 17.1. The van der Waals surface area contributed by atoms with Gasteiger partial charge in [0.15, 0.2) is 5.96 Å². The molecule has 1 aliphatic heterocycles. The van der Waals surface area contributed by atoms with Crippen molar-refractivity contribution in [3.8, 4) is 0 Å². The Kier molecular flexibility index (Phi) is 7.47. The minimum atomic E-state index is 0.177. The average Bonchev–Trinajstić information content (AvgIpc) is 3.55. The first-order valence-corrected chi connectivity index (χ1v) is 10.3. The second-order valence-electron chi connectivity index (χ2n) is 7.46. The maximum Gasteiger partial charge on any atom is 0.223 e. The molecule has 0 radical (unpaired) electrons. The van der Waals surface area contributed by atoms with Crippen molar-refractivity contribution in [1.82, 2.24) is 25.8 Å². The van der Waals surface area contributed by atoms with Gasteiger partial charge in [0.2, 0.25) is 5.91 Å². The van der Waals surface area contributed by atoms with E-state index in [1.165, 1.54) is 0 Å². The van der Waals surface area contributed by atoms with Crippen LogP contribution in [0.4, 0.5) is 5.82 Å². The zero-order chi connectivity index (χ0) is 19.8. The van der Waals surface area contributed by atoms with E-state index in [1.54, 1.807) is 0 Å². The summed E-state index contributed by atoms with van der Waals surface area (Å²) in [4.78, 5) is 25.7. The molecule has 3 N–H and O–H groups in total. The number of aliphatic imine (C=N–C) groups is 1. The minimum Gasteiger partial charge on any atom is -0.357 e. The van der Waals surface area contributed by atoms with E-state index >= 15 is 0 Å². The molecule has 2 aliphatic rings. The molecule has 8 heteroatoms. The summed E-state index contributed by atoms with van der Waals surface area (Å²) in [6.07, 6.45) is 3.92. The lowest BCUT2D eigenvalue weighted by atomic mass is 10.2. The number of hydrogen-bond donors (Lipinski definition) is 3. The predicted molar refractivity (Wildman–Crippen MR) is 112 cm³/mol. The van der Waals surface area contributed by atoms with Gasteiger partial charge in [0.1, 0.15) is 5.82 Å². The average molecular weight is 388 g/mol. The number of nitrogens with zero attached hydrogens (tertiary/aromatic N) is 4. The SMILES string of the molecule is CCNC(=NCc1cccnc1N1CCN(C)CC1)NCCNC(=O)C1CC1. The van der Waals surface area contributed by atoms with E-state index in [0.29, 0.717) is 19.6 Å². The number of guanidine groups is 1. The quantitative estimate of drug-likeness (QED) is 0.341. The van der Waals surface area contributed by atoms with E-state index in [0.717, 1.165) is 62.9 Å². The van der Waals surface area contributed by atoms with E-state index in [2.05, 4.69) is 43.8 Å². The third-order valence-electron chi connectivity index (χ3n) is 5.09. The van der Waals surface area contributed by atoms with Gasteiger partial charge in [-0.3, -0.25) is 4.79 Å².